The highest BCUT2D eigenvalue weighted by molar-refractivity contribution is 5.71. The van der Waals surface area contributed by atoms with E-state index in [1.54, 1.807) is 20.8 Å². The lowest BCUT2D eigenvalue weighted by Gasteiger charge is -2.25. The second kappa shape index (κ2) is 6.47. The summed E-state index contributed by atoms with van der Waals surface area (Å²) >= 11 is 0. The van der Waals surface area contributed by atoms with E-state index in [-0.39, 0.29) is 12.3 Å². The van der Waals surface area contributed by atoms with Crippen LogP contribution in [0.4, 0.5) is 4.79 Å². The van der Waals surface area contributed by atoms with Crippen LogP contribution in [0.1, 0.15) is 47.5 Å². The quantitative estimate of drug-likeness (QED) is 0.779. The third-order valence-electron chi connectivity index (χ3n) is 2.43. The Balaban J connectivity index is 4.42. The Labute approximate surface area is 103 Å². The van der Waals surface area contributed by atoms with Crippen molar-refractivity contribution in [3.8, 4) is 0 Å². The molecule has 0 aromatic rings. The number of carbonyl (C=O) groups excluding carboxylic acids is 1. The first-order valence-corrected chi connectivity index (χ1v) is 5.87. The second-order valence-electron chi connectivity index (χ2n) is 5.24. The highest BCUT2D eigenvalue weighted by Crippen LogP contribution is 2.13. The van der Waals surface area contributed by atoms with Crippen molar-refractivity contribution in [2.45, 2.75) is 59.1 Å². The molecule has 0 aliphatic carbocycles. The molecule has 17 heavy (non-hydrogen) atoms. The van der Waals surface area contributed by atoms with Crippen LogP contribution in [-0.2, 0) is 9.53 Å². The van der Waals surface area contributed by atoms with Crippen LogP contribution in [0.25, 0.3) is 0 Å². The Morgan fingerprint density at radius 1 is 1.35 bits per heavy atom. The Hall–Kier alpha value is -1.26. The van der Waals surface area contributed by atoms with Gasteiger partial charge < -0.3 is 15.2 Å². The molecule has 0 unspecified atom stereocenters. The molecule has 5 nitrogen and oxygen atoms in total. The number of amides is 1. The Kier molecular flexibility index (Phi) is 5.99. The third kappa shape index (κ3) is 7.60. The van der Waals surface area contributed by atoms with Gasteiger partial charge in [-0.1, -0.05) is 20.3 Å². The zero-order valence-electron chi connectivity index (χ0n) is 11.2. The maximum atomic E-state index is 11.5. The Morgan fingerprint density at radius 3 is 2.24 bits per heavy atom. The van der Waals surface area contributed by atoms with Crippen molar-refractivity contribution in [2.24, 2.45) is 5.92 Å². The molecule has 0 rings (SSSR count). The summed E-state index contributed by atoms with van der Waals surface area (Å²) in [6.07, 6.45) is 0.145. The van der Waals surface area contributed by atoms with Crippen LogP contribution in [-0.4, -0.2) is 28.8 Å². The van der Waals surface area contributed by atoms with E-state index in [4.69, 9.17) is 9.84 Å². The smallest absolute Gasteiger partial charge is 0.407 e. The monoisotopic (exact) mass is 245 g/mol. The van der Waals surface area contributed by atoms with Gasteiger partial charge in [0.1, 0.15) is 5.60 Å². The van der Waals surface area contributed by atoms with E-state index >= 15 is 0 Å². The second-order valence-corrected chi connectivity index (χ2v) is 5.24. The molecule has 0 bridgehead atoms. The lowest BCUT2D eigenvalue weighted by Crippen LogP contribution is -2.43. The van der Waals surface area contributed by atoms with Crippen LogP contribution >= 0.6 is 0 Å². The summed E-state index contributed by atoms with van der Waals surface area (Å²) in [5.41, 5.74) is -0.576. The summed E-state index contributed by atoms with van der Waals surface area (Å²) in [4.78, 5) is 22.2. The van der Waals surface area contributed by atoms with Gasteiger partial charge >= 0.3 is 12.1 Å². The van der Waals surface area contributed by atoms with E-state index < -0.39 is 23.7 Å². The molecule has 0 radical (unpaired) electrons. The summed E-state index contributed by atoms with van der Waals surface area (Å²) in [5, 5.41) is 11.4. The van der Waals surface area contributed by atoms with E-state index in [1.807, 2.05) is 13.8 Å². The predicted molar refractivity (Wildman–Crippen MR) is 64.9 cm³/mol. The molecular weight excluding hydrogens is 222 g/mol. The predicted octanol–water partition coefficient (Wildman–Crippen LogP) is 2.40. The molecule has 0 heterocycles. The maximum absolute atomic E-state index is 11.5. The first-order chi connectivity index (χ1) is 7.65. The van der Waals surface area contributed by atoms with Crippen molar-refractivity contribution < 1.29 is 19.4 Å². The Bertz CT molecular complexity index is 270. The normalized spacial score (nSPS) is 14.9. The fourth-order valence-electron chi connectivity index (χ4n) is 1.33. The summed E-state index contributed by atoms with van der Waals surface area (Å²) in [7, 11) is 0. The number of carboxylic acid groups (broad SMARTS) is 1. The molecule has 5 heteroatoms. The molecule has 100 valence electrons. The van der Waals surface area contributed by atoms with Crippen LogP contribution in [0.15, 0.2) is 0 Å². The van der Waals surface area contributed by atoms with E-state index in [2.05, 4.69) is 5.32 Å². The van der Waals surface area contributed by atoms with Gasteiger partial charge in [0.25, 0.3) is 0 Å². The molecule has 0 aliphatic rings. The highest BCUT2D eigenvalue weighted by atomic mass is 16.6. The zero-order valence-corrected chi connectivity index (χ0v) is 11.2. The summed E-state index contributed by atoms with van der Waals surface area (Å²) in [6.45, 7) is 9.16. The molecule has 2 N–H and O–H groups in total. The van der Waals surface area contributed by atoms with Crippen molar-refractivity contribution in [2.75, 3.05) is 0 Å². The number of hydrogen-bond donors (Lipinski definition) is 2. The molecule has 0 aromatic heterocycles. The molecule has 1 amide bonds. The molecule has 0 aliphatic heterocycles. The fraction of sp³-hybridized carbons (Fsp3) is 0.833. The highest BCUT2D eigenvalue weighted by Gasteiger charge is 2.24. The lowest BCUT2D eigenvalue weighted by molar-refractivity contribution is -0.137. The van der Waals surface area contributed by atoms with Crippen LogP contribution < -0.4 is 5.32 Å². The van der Waals surface area contributed by atoms with Crippen molar-refractivity contribution in [3.63, 3.8) is 0 Å². The standard InChI is InChI=1S/C12H23NO4/c1-6-8(2)9(7-10(14)15)13-11(16)17-12(3,4)5/h8-9H,6-7H2,1-5H3,(H,13,16)(H,14,15)/t8-,9+/m0/s1. The number of carbonyl (C=O) groups is 2. The summed E-state index contributed by atoms with van der Waals surface area (Å²) < 4.78 is 5.10. The van der Waals surface area contributed by atoms with Crippen LogP contribution in [0.2, 0.25) is 0 Å². The number of alkyl carbamates (subject to hydrolysis) is 1. The maximum Gasteiger partial charge on any atom is 0.407 e. The van der Waals surface area contributed by atoms with Gasteiger partial charge in [0, 0.05) is 6.04 Å². The van der Waals surface area contributed by atoms with E-state index in [1.165, 1.54) is 0 Å². The molecular formula is C12H23NO4. The zero-order chi connectivity index (χ0) is 13.6. The van der Waals surface area contributed by atoms with Gasteiger partial charge in [-0.25, -0.2) is 4.79 Å². The van der Waals surface area contributed by atoms with E-state index in [0.717, 1.165) is 6.42 Å². The largest absolute Gasteiger partial charge is 0.481 e. The van der Waals surface area contributed by atoms with Crippen molar-refractivity contribution in [3.05, 3.63) is 0 Å². The molecule has 0 saturated heterocycles. The Morgan fingerprint density at radius 2 is 1.88 bits per heavy atom. The number of carboxylic acids is 1. The van der Waals surface area contributed by atoms with E-state index in [0.29, 0.717) is 0 Å². The number of hydrogen-bond acceptors (Lipinski definition) is 3. The van der Waals surface area contributed by atoms with Gasteiger partial charge in [-0.2, -0.15) is 0 Å². The van der Waals surface area contributed by atoms with Crippen LogP contribution in [0, 0.1) is 5.92 Å². The van der Waals surface area contributed by atoms with Gasteiger partial charge in [-0.15, -0.1) is 0 Å². The molecule has 0 aromatic carbocycles. The van der Waals surface area contributed by atoms with Gasteiger partial charge in [0.2, 0.25) is 0 Å². The van der Waals surface area contributed by atoms with Crippen molar-refractivity contribution >= 4 is 12.1 Å². The van der Waals surface area contributed by atoms with Crippen molar-refractivity contribution in [1.29, 1.82) is 0 Å². The summed E-state index contributed by atoms with van der Waals surface area (Å²) in [6, 6.07) is -0.396. The molecule has 0 fully saturated rings. The minimum absolute atomic E-state index is 0.0890. The number of rotatable bonds is 5. The number of aliphatic carboxylic acids is 1. The number of nitrogens with one attached hydrogen (secondary N) is 1. The van der Waals surface area contributed by atoms with Crippen LogP contribution in [0.3, 0.4) is 0 Å². The lowest BCUT2D eigenvalue weighted by atomic mass is 9.96. The van der Waals surface area contributed by atoms with Gasteiger partial charge in [-0.3, -0.25) is 4.79 Å². The third-order valence-corrected chi connectivity index (χ3v) is 2.43. The fourth-order valence-corrected chi connectivity index (χ4v) is 1.33. The first kappa shape index (κ1) is 15.7. The molecule has 0 spiro atoms. The van der Waals surface area contributed by atoms with Gasteiger partial charge in [-0.05, 0) is 26.7 Å². The van der Waals surface area contributed by atoms with Crippen molar-refractivity contribution in [1.82, 2.24) is 5.32 Å². The van der Waals surface area contributed by atoms with Gasteiger partial charge in [0.05, 0.1) is 6.42 Å². The molecule has 2 atom stereocenters. The number of ether oxygens (including phenoxy) is 1. The first-order valence-electron chi connectivity index (χ1n) is 5.87. The average molecular weight is 245 g/mol. The average Bonchev–Trinajstić information content (AvgIpc) is 2.11. The molecule has 0 saturated carbocycles. The summed E-state index contributed by atoms with van der Waals surface area (Å²) in [5.74, 6) is -0.829. The van der Waals surface area contributed by atoms with Crippen LogP contribution in [0.5, 0.6) is 0 Å². The van der Waals surface area contributed by atoms with E-state index in [9.17, 15) is 9.59 Å². The minimum Gasteiger partial charge on any atom is -0.481 e. The van der Waals surface area contributed by atoms with Gasteiger partial charge in [0.15, 0.2) is 0 Å². The topological polar surface area (TPSA) is 75.6 Å². The SMILES string of the molecule is CC[C@H](C)[C@@H](CC(=O)O)NC(=O)OC(C)(C)C. The minimum atomic E-state index is -0.925.